The second kappa shape index (κ2) is 15.7. The molecule has 296 valence electrons. The molecule has 0 aliphatic rings. The van der Waals surface area contributed by atoms with Crippen molar-refractivity contribution >= 4 is 80.1 Å². The maximum atomic E-state index is 2.45. The molecule has 10 aromatic carbocycles. The predicted octanol–water partition coefficient (Wildman–Crippen LogP) is 18.2. The van der Waals surface area contributed by atoms with Crippen molar-refractivity contribution in [3.8, 4) is 55.6 Å². The number of hydrogen-bond donors (Lipinski definition) is 0. The molecule has 0 spiro atoms. The van der Waals surface area contributed by atoms with E-state index < -0.39 is 0 Å². The fraction of sp³-hybridized carbons (Fsp3) is 0. The van der Waals surface area contributed by atoms with E-state index in [2.05, 4.69) is 241 Å². The lowest BCUT2D eigenvalue weighted by Gasteiger charge is -2.30. The first-order chi connectivity index (χ1) is 31.2. The van der Waals surface area contributed by atoms with Crippen molar-refractivity contribution in [3.05, 3.63) is 237 Å². The van der Waals surface area contributed by atoms with Crippen LogP contribution in [0.4, 0.5) is 17.1 Å². The highest BCUT2D eigenvalue weighted by molar-refractivity contribution is 7.26. The molecule has 0 bridgehead atoms. The minimum atomic E-state index is 1.09. The molecule has 0 radical (unpaired) electrons. The van der Waals surface area contributed by atoms with Crippen molar-refractivity contribution in [1.82, 2.24) is 0 Å². The van der Waals surface area contributed by atoms with Crippen LogP contribution in [0.15, 0.2) is 237 Å². The zero-order valence-corrected chi connectivity index (χ0v) is 35.9. The Morgan fingerprint density at radius 2 is 0.714 bits per heavy atom. The molecule has 0 amide bonds. The van der Waals surface area contributed by atoms with Gasteiger partial charge in [-0.3, -0.25) is 0 Å². The molecule has 1 nitrogen and oxygen atoms in total. The van der Waals surface area contributed by atoms with Crippen LogP contribution in [0.2, 0.25) is 0 Å². The van der Waals surface area contributed by atoms with E-state index in [1.165, 1.54) is 96.0 Å². The molecule has 3 heteroatoms. The van der Waals surface area contributed by atoms with E-state index in [0.29, 0.717) is 0 Å². The van der Waals surface area contributed by atoms with E-state index >= 15 is 0 Å². The fourth-order valence-corrected chi connectivity index (χ4v) is 11.5. The monoisotopic (exact) mass is 837 g/mol. The number of thiophene rings is 2. The van der Waals surface area contributed by atoms with Gasteiger partial charge in [-0.1, -0.05) is 176 Å². The van der Waals surface area contributed by atoms with Crippen LogP contribution in [0.25, 0.3) is 96.0 Å². The first kappa shape index (κ1) is 37.2. The highest BCUT2D eigenvalue weighted by atomic mass is 32.1. The SMILES string of the molecule is c1ccc(-c2ccccc2-c2c(-c3ccccc3)cccc2N(c2ccc(-c3ccc4c(c3)sc3ccccc34)cc2)c2ccc(-c3ccc4sc5ccccc5c4c3)cc2)cc1. The van der Waals surface area contributed by atoms with Crippen molar-refractivity contribution in [2.45, 2.75) is 0 Å². The topological polar surface area (TPSA) is 3.24 Å². The quantitative estimate of drug-likeness (QED) is 0.147. The zero-order chi connectivity index (χ0) is 41.7. The Kier molecular flexibility index (Phi) is 9.29. The smallest absolute Gasteiger partial charge is 0.0546 e. The molecule has 63 heavy (non-hydrogen) atoms. The van der Waals surface area contributed by atoms with Crippen molar-refractivity contribution in [2.24, 2.45) is 0 Å². The molecule has 0 aliphatic carbocycles. The molecular weight excluding hydrogens is 799 g/mol. The Morgan fingerprint density at radius 3 is 1.38 bits per heavy atom. The van der Waals surface area contributed by atoms with Gasteiger partial charge in [-0.25, -0.2) is 0 Å². The lowest BCUT2D eigenvalue weighted by molar-refractivity contribution is 1.28. The van der Waals surface area contributed by atoms with Gasteiger partial charge in [0.05, 0.1) is 5.69 Å². The molecule has 0 saturated carbocycles. The van der Waals surface area contributed by atoms with Crippen molar-refractivity contribution in [3.63, 3.8) is 0 Å². The van der Waals surface area contributed by atoms with Crippen molar-refractivity contribution in [2.75, 3.05) is 4.90 Å². The van der Waals surface area contributed by atoms with Gasteiger partial charge in [-0.15, -0.1) is 22.7 Å². The van der Waals surface area contributed by atoms with E-state index in [-0.39, 0.29) is 0 Å². The fourth-order valence-electron chi connectivity index (χ4n) is 9.28. The standard InChI is InChI=1S/C60H39NS2/c1-3-14-42(15-4-1)48-18-7-8-21-53(48)60-49(43-16-5-2-6-17-43)22-13-23-55(60)61(46-32-26-40(27-33-46)44-31-37-58-54(38-44)51-20-10-12-25-57(51)62-58)47-34-28-41(29-35-47)45-30-36-52-50-19-9-11-24-56(50)63-59(52)39-45/h1-39H. The van der Waals surface area contributed by atoms with E-state index in [1.807, 2.05) is 22.7 Å². The zero-order valence-electron chi connectivity index (χ0n) is 34.3. The van der Waals surface area contributed by atoms with Crippen LogP contribution < -0.4 is 4.90 Å². The lowest BCUT2D eigenvalue weighted by Crippen LogP contribution is -2.12. The molecule has 2 aromatic heterocycles. The van der Waals surface area contributed by atoms with Gasteiger partial charge in [0.15, 0.2) is 0 Å². The summed E-state index contributed by atoms with van der Waals surface area (Å²) < 4.78 is 5.27. The number of fused-ring (bicyclic) bond motifs is 6. The summed E-state index contributed by atoms with van der Waals surface area (Å²) in [7, 11) is 0. The van der Waals surface area contributed by atoms with E-state index in [1.54, 1.807) is 0 Å². The third-order valence-corrected chi connectivity index (χ3v) is 14.6. The molecule has 0 saturated heterocycles. The third kappa shape index (κ3) is 6.70. The highest BCUT2D eigenvalue weighted by Gasteiger charge is 2.23. The van der Waals surface area contributed by atoms with Gasteiger partial charge in [0.25, 0.3) is 0 Å². The molecule has 0 unspecified atom stereocenters. The minimum Gasteiger partial charge on any atom is -0.310 e. The van der Waals surface area contributed by atoms with Gasteiger partial charge in [-0.05, 0) is 111 Å². The summed E-state index contributed by atoms with van der Waals surface area (Å²) in [6.07, 6.45) is 0. The Labute approximate surface area is 375 Å². The molecule has 12 aromatic rings. The van der Waals surface area contributed by atoms with Gasteiger partial charge >= 0.3 is 0 Å². The number of nitrogens with zero attached hydrogens (tertiary/aromatic N) is 1. The van der Waals surface area contributed by atoms with E-state index in [4.69, 9.17) is 0 Å². The summed E-state index contributed by atoms with van der Waals surface area (Å²) in [5.41, 5.74) is 15.2. The van der Waals surface area contributed by atoms with Crippen LogP contribution in [0.5, 0.6) is 0 Å². The van der Waals surface area contributed by atoms with E-state index in [0.717, 1.165) is 17.1 Å². The van der Waals surface area contributed by atoms with Crippen LogP contribution >= 0.6 is 22.7 Å². The van der Waals surface area contributed by atoms with Gasteiger partial charge in [0, 0.05) is 57.3 Å². The van der Waals surface area contributed by atoms with Crippen LogP contribution in [-0.2, 0) is 0 Å². The molecular formula is C60H39NS2. The molecule has 0 atom stereocenters. The maximum absolute atomic E-state index is 2.45. The van der Waals surface area contributed by atoms with Gasteiger partial charge in [0.1, 0.15) is 0 Å². The van der Waals surface area contributed by atoms with Crippen LogP contribution in [-0.4, -0.2) is 0 Å². The average molecular weight is 838 g/mol. The number of benzene rings is 10. The minimum absolute atomic E-state index is 1.09. The molecule has 12 rings (SSSR count). The van der Waals surface area contributed by atoms with Gasteiger partial charge in [0.2, 0.25) is 0 Å². The predicted molar refractivity (Wildman–Crippen MR) is 274 cm³/mol. The third-order valence-electron chi connectivity index (χ3n) is 12.3. The maximum Gasteiger partial charge on any atom is 0.0546 e. The van der Waals surface area contributed by atoms with Crippen LogP contribution in [0.3, 0.4) is 0 Å². The Balaban J connectivity index is 1.03. The average Bonchev–Trinajstić information content (AvgIpc) is 3.93. The van der Waals surface area contributed by atoms with Gasteiger partial charge < -0.3 is 4.90 Å². The largest absolute Gasteiger partial charge is 0.310 e. The highest BCUT2D eigenvalue weighted by Crippen LogP contribution is 2.49. The summed E-state index contributed by atoms with van der Waals surface area (Å²) >= 11 is 3.72. The summed E-state index contributed by atoms with van der Waals surface area (Å²) in [6, 6.07) is 86.7. The second-order valence-corrected chi connectivity index (χ2v) is 18.2. The molecule has 2 heterocycles. The van der Waals surface area contributed by atoms with Crippen LogP contribution in [0.1, 0.15) is 0 Å². The Bertz CT molecular complexity index is 3600. The first-order valence-corrected chi connectivity index (χ1v) is 23.0. The summed E-state index contributed by atoms with van der Waals surface area (Å²) in [5.74, 6) is 0. The summed E-state index contributed by atoms with van der Waals surface area (Å²) in [4.78, 5) is 2.45. The molecule has 0 N–H and O–H groups in total. The van der Waals surface area contributed by atoms with E-state index in [9.17, 15) is 0 Å². The summed E-state index contributed by atoms with van der Waals surface area (Å²) in [6.45, 7) is 0. The van der Waals surface area contributed by atoms with Crippen molar-refractivity contribution < 1.29 is 0 Å². The first-order valence-electron chi connectivity index (χ1n) is 21.4. The summed E-state index contributed by atoms with van der Waals surface area (Å²) in [5, 5.41) is 5.26. The number of rotatable bonds is 8. The second-order valence-electron chi connectivity index (χ2n) is 16.0. The Morgan fingerprint density at radius 1 is 0.254 bits per heavy atom. The molecule has 0 fully saturated rings. The van der Waals surface area contributed by atoms with Crippen molar-refractivity contribution in [1.29, 1.82) is 0 Å². The molecule has 0 aliphatic heterocycles. The number of hydrogen-bond acceptors (Lipinski definition) is 3. The Hall–Kier alpha value is -7.56. The number of anilines is 3. The normalized spacial score (nSPS) is 11.5. The van der Waals surface area contributed by atoms with Crippen LogP contribution in [0, 0.1) is 0 Å². The lowest BCUT2D eigenvalue weighted by atomic mass is 9.87. The van der Waals surface area contributed by atoms with Gasteiger partial charge in [-0.2, -0.15) is 0 Å².